The molecule has 1 aliphatic carbocycles. The molecular formula is C18H31ClN4O3. The molecule has 3 fully saturated rings. The largest absolute Gasteiger partial charge is 0.350 e. The van der Waals surface area contributed by atoms with Gasteiger partial charge in [0.05, 0.1) is 0 Å². The van der Waals surface area contributed by atoms with Gasteiger partial charge >= 0.3 is 6.03 Å². The number of amides is 4. The maximum atomic E-state index is 12.8. The number of halogens is 1. The Balaban J connectivity index is 0.00000243. The molecule has 26 heavy (non-hydrogen) atoms. The van der Waals surface area contributed by atoms with Crippen molar-refractivity contribution < 1.29 is 14.4 Å². The first-order valence-electron chi connectivity index (χ1n) is 9.62. The standard InChI is InChI=1S/C18H30N4O3.ClH/c1-3-13-6-8-18(9-7-13)16(24)22(17(25)21-18)11-15(23)20-14-5-4-10-19-12(14)2;/h12-14,19H,3-11H2,1-2H3,(H,20,23)(H,21,25);1H. The van der Waals surface area contributed by atoms with Gasteiger partial charge in [-0.15, -0.1) is 12.4 Å². The van der Waals surface area contributed by atoms with Crippen molar-refractivity contribution in [1.82, 2.24) is 20.9 Å². The van der Waals surface area contributed by atoms with Crippen molar-refractivity contribution in [3.63, 3.8) is 0 Å². The maximum absolute atomic E-state index is 12.8. The lowest BCUT2D eigenvalue weighted by molar-refractivity contribution is -0.136. The summed E-state index contributed by atoms with van der Waals surface area (Å²) < 4.78 is 0. The third-order valence-corrected chi connectivity index (χ3v) is 6.19. The van der Waals surface area contributed by atoms with E-state index in [1.54, 1.807) is 0 Å². The van der Waals surface area contributed by atoms with Crippen molar-refractivity contribution in [1.29, 1.82) is 0 Å². The van der Waals surface area contributed by atoms with Crippen molar-refractivity contribution in [3.05, 3.63) is 0 Å². The van der Waals surface area contributed by atoms with Crippen molar-refractivity contribution in [2.24, 2.45) is 5.92 Å². The van der Waals surface area contributed by atoms with Gasteiger partial charge in [0.1, 0.15) is 12.1 Å². The predicted octanol–water partition coefficient (Wildman–Crippen LogP) is 1.56. The zero-order chi connectivity index (χ0) is 18.0. The van der Waals surface area contributed by atoms with Gasteiger partial charge in [-0.2, -0.15) is 0 Å². The minimum absolute atomic E-state index is 0. The van der Waals surface area contributed by atoms with Crippen molar-refractivity contribution >= 4 is 30.3 Å². The molecule has 1 saturated carbocycles. The second-order valence-electron chi connectivity index (χ2n) is 7.81. The van der Waals surface area contributed by atoms with E-state index < -0.39 is 11.6 Å². The molecular weight excluding hydrogens is 356 g/mol. The second-order valence-corrected chi connectivity index (χ2v) is 7.81. The molecule has 1 spiro atoms. The zero-order valence-corrected chi connectivity index (χ0v) is 16.5. The van der Waals surface area contributed by atoms with Crippen molar-refractivity contribution in [2.75, 3.05) is 13.1 Å². The average molecular weight is 387 g/mol. The molecule has 0 aromatic heterocycles. The predicted molar refractivity (Wildman–Crippen MR) is 101 cm³/mol. The van der Waals surface area contributed by atoms with Gasteiger partial charge in [0, 0.05) is 12.1 Å². The summed E-state index contributed by atoms with van der Waals surface area (Å²) in [5.41, 5.74) is -0.775. The molecule has 3 rings (SSSR count). The summed E-state index contributed by atoms with van der Waals surface area (Å²) in [5, 5.41) is 9.18. The Morgan fingerprint density at radius 2 is 1.96 bits per heavy atom. The number of carbonyl (C=O) groups excluding carboxylic acids is 3. The fourth-order valence-electron chi connectivity index (χ4n) is 4.37. The first-order valence-corrected chi connectivity index (χ1v) is 9.62. The summed E-state index contributed by atoms with van der Waals surface area (Å²) in [5.74, 6) is 0.147. The summed E-state index contributed by atoms with van der Waals surface area (Å²) in [6.45, 7) is 4.98. The number of urea groups is 1. The minimum atomic E-state index is -0.775. The van der Waals surface area contributed by atoms with Crippen molar-refractivity contribution in [2.45, 2.75) is 76.4 Å². The van der Waals surface area contributed by atoms with E-state index in [1.807, 2.05) is 6.92 Å². The van der Waals surface area contributed by atoms with Crippen LogP contribution in [0.4, 0.5) is 4.79 Å². The summed E-state index contributed by atoms with van der Waals surface area (Å²) >= 11 is 0. The summed E-state index contributed by atoms with van der Waals surface area (Å²) in [7, 11) is 0. The molecule has 148 valence electrons. The fraction of sp³-hybridized carbons (Fsp3) is 0.833. The van der Waals surface area contributed by atoms with Gasteiger partial charge in [-0.05, 0) is 57.9 Å². The van der Waals surface area contributed by atoms with E-state index in [0.717, 1.165) is 43.5 Å². The number of hydrogen-bond acceptors (Lipinski definition) is 4. The van der Waals surface area contributed by atoms with E-state index in [1.165, 1.54) is 0 Å². The smallest absolute Gasteiger partial charge is 0.325 e. The lowest BCUT2D eigenvalue weighted by Crippen LogP contribution is -2.54. The van der Waals surface area contributed by atoms with Crippen LogP contribution in [0.5, 0.6) is 0 Å². The summed E-state index contributed by atoms with van der Waals surface area (Å²) in [4.78, 5) is 38.6. The highest BCUT2D eigenvalue weighted by molar-refractivity contribution is 6.09. The van der Waals surface area contributed by atoms with Crippen LogP contribution in [0.15, 0.2) is 0 Å². The van der Waals surface area contributed by atoms with Crippen LogP contribution < -0.4 is 16.0 Å². The molecule has 0 radical (unpaired) electrons. The zero-order valence-electron chi connectivity index (χ0n) is 15.7. The summed E-state index contributed by atoms with van der Waals surface area (Å²) in [6, 6.07) is -0.169. The number of rotatable bonds is 4. The second kappa shape index (κ2) is 8.57. The Hall–Kier alpha value is -1.34. The highest BCUT2D eigenvalue weighted by Gasteiger charge is 2.52. The van der Waals surface area contributed by atoms with Gasteiger partial charge in [0.25, 0.3) is 5.91 Å². The van der Waals surface area contributed by atoms with E-state index in [2.05, 4.69) is 22.9 Å². The Bertz CT molecular complexity index is 549. The summed E-state index contributed by atoms with van der Waals surface area (Å²) in [6.07, 6.45) is 6.30. The molecule has 0 bridgehead atoms. The third-order valence-electron chi connectivity index (χ3n) is 6.19. The third kappa shape index (κ3) is 4.14. The van der Waals surface area contributed by atoms with Gasteiger partial charge in [0.2, 0.25) is 5.91 Å². The van der Waals surface area contributed by atoms with Gasteiger partial charge in [-0.3, -0.25) is 14.5 Å². The molecule has 3 N–H and O–H groups in total. The average Bonchev–Trinajstić information content (AvgIpc) is 2.82. The number of carbonyl (C=O) groups is 3. The molecule has 0 aromatic carbocycles. The van der Waals surface area contributed by atoms with Gasteiger partial charge < -0.3 is 16.0 Å². The Morgan fingerprint density at radius 1 is 1.27 bits per heavy atom. The molecule has 0 aromatic rings. The quantitative estimate of drug-likeness (QED) is 0.639. The van der Waals surface area contributed by atoms with Gasteiger partial charge in [0.15, 0.2) is 0 Å². The lowest BCUT2D eigenvalue weighted by atomic mass is 9.75. The number of nitrogens with zero attached hydrogens (tertiary/aromatic N) is 1. The topological polar surface area (TPSA) is 90.5 Å². The molecule has 7 nitrogen and oxygen atoms in total. The Labute approximate surface area is 161 Å². The van der Waals surface area contributed by atoms with E-state index in [0.29, 0.717) is 18.8 Å². The number of hydrogen-bond donors (Lipinski definition) is 3. The Morgan fingerprint density at radius 3 is 2.58 bits per heavy atom. The number of piperidine rings is 1. The van der Waals surface area contributed by atoms with Crippen LogP contribution >= 0.6 is 12.4 Å². The maximum Gasteiger partial charge on any atom is 0.325 e. The SMILES string of the molecule is CCC1CCC2(CC1)NC(=O)N(CC(=O)NC1CCCNC1C)C2=O.Cl. The number of nitrogens with one attached hydrogen (secondary N) is 3. The van der Waals surface area contributed by atoms with Crippen LogP contribution in [0.3, 0.4) is 0 Å². The fourth-order valence-corrected chi connectivity index (χ4v) is 4.37. The highest BCUT2D eigenvalue weighted by atomic mass is 35.5. The monoisotopic (exact) mass is 386 g/mol. The molecule has 4 amide bonds. The minimum Gasteiger partial charge on any atom is -0.350 e. The first kappa shape index (κ1) is 21.0. The molecule has 2 unspecified atom stereocenters. The van der Waals surface area contributed by atoms with Crippen LogP contribution in [0.25, 0.3) is 0 Å². The normalized spacial score (nSPS) is 34.4. The molecule has 2 aliphatic heterocycles. The first-order chi connectivity index (χ1) is 11.9. The van der Waals surface area contributed by atoms with E-state index >= 15 is 0 Å². The molecule has 2 heterocycles. The molecule has 2 saturated heterocycles. The van der Waals surface area contributed by atoms with E-state index in [9.17, 15) is 14.4 Å². The Kier molecular flexibility index (Phi) is 6.91. The molecule has 8 heteroatoms. The van der Waals surface area contributed by atoms with Crippen molar-refractivity contribution in [3.8, 4) is 0 Å². The van der Waals surface area contributed by atoms with E-state index in [4.69, 9.17) is 0 Å². The van der Waals surface area contributed by atoms with Crippen LogP contribution in [0.2, 0.25) is 0 Å². The van der Waals surface area contributed by atoms with Crippen LogP contribution in [0.1, 0.15) is 58.8 Å². The van der Waals surface area contributed by atoms with E-state index in [-0.39, 0.29) is 42.8 Å². The number of imide groups is 1. The highest BCUT2D eigenvalue weighted by Crippen LogP contribution is 2.37. The van der Waals surface area contributed by atoms with Crippen LogP contribution in [-0.2, 0) is 9.59 Å². The van der Waals surface area contributed by atoms with Gasteiger partial charge in [-0.1, -0.05) is 13.3 Å². The van der Waals surface area contributed by atoms with Crippen LogP contribution in [0, 0.1) is 5.92 Å². The molecule has 2 atom stereocenters. The van der Waals surface area contributed by atoms with Crippen LogP contribution in [-0.4, -0.2) is 53.5 Å². The lowest BCUT2D eigenvalue weighted by Gasteiger charge is -2.34. The van der Waals surface area contributed by atoms with Gasteiger partial charge in [-0.25, -0.2) is 4.79 Å². The molecule has 3 aliphatic rings.